The number of anilines is 1. The second-order valence-corrected chi connectivity index (χ2v) is 10.3. The molecular weight excluding hydrogens is 506 g/mol. The standard InChI is InChI=1S/C24H28BrN3O4S/c1-5-13(2)31-24(30)20-17-8-6-7-9-19(17)33-23(20)26-22(29)18-11-10-16(32-18)12-28-15(4)21(25)14(3)27-28/h10-11,13H,5-9,12H2,1-4H3,(H,26,29). The van der Waals surface area contributed by atoms with Gasteiger partial charge in [-0.1, -0.05) is 6.92 Å². The first-order valence-electron chi connectivity index (χ1n) is 11.2. The van der Waals surface area contributed by atoms with Crippen molar-refractivity contribution in [1.82, 2.24) is 9.78 Å². The Bertz CT molecular complexity index is 1190. The van der Waals surface area contributed by atoms with Gasteiger partial charge in [-0.2, -0.15) is 5.10 Å². The van der Waals surface area contributed by atoms with Crippen molar-refractivity contribution < 1.29 is 18.7 Å². The van der Waals surface area contributed by atoms with E-state index in [0.717, 1.165) is 58.4 Å². The van der Waals surface area contributed by atoms with E-state index in [4.69, 9.17) is 9.15 Å². The molecule has 3 aromatic heterocycles. The zero-order valence-corrected chi connectivity index (χ0v) is 21.7. The number of nitrogens with one attached hydrogen (secondary N) is 1. The zero-order chi connectivity index (χ0) is 23.7. The molecule has 1 N–H and O–H groups in total. The van der Waals surface area contributed by atoms with E-state index in [-0.39, 0.29) is 23.7 Å². The van der Waals surface area contributed by atoms with Crippen LogP contribution in [0.1, 0.15) is 81.6 Å². The van der Waals surface area contributed by atoms with Gasteiger partial charge in [0.2, 0.25) is 0 Å². The smallest absolute Gasteiger partial charge is 0.341 e. The van der Waals surface area contributed by atoms with Crippen LogP contribution in [0.3, 0.4) is 0 Å². The predicted octanol–water partition coefficient (Wildman–Crippen LogP) is 6.05. The number of esters is 1. The van der Waals surface area contributed by atoms with Gasteiger partial charge in [-0.05, 0) is 86.5 Å². The van der Waals surface area contributed by atoms with Crippen molar-refractivity contribution in [3.8, 4) is 0 Å². The molecule has 1 amide bonds. The minimum absolute atomic E-state index is 0.178. The van der Waals surface area contributed by atoms with E-state index in [0.29, 0.717) is 22.9 Å². The fourth-order valence-corrected chi connectivity index (χ4v) is 5.48. The molecule has 1 atom stereocenters. The molecule has 0 spiro atoms. The fraction of sp³-hybridized carbons (Fsp3) is 0.458. The summed E-state index contributed by atoms with van der Waals surface area (Å²) in [6.45, 7) is 8.17. The minimum atomic E-state index is -0.382. The van der Waals surface area contributed by atoms with Crippen LogP contribution in [-0.4, -0.2) is 27.8 Å². The van der Waals surface area contributed by atoms with Crippen LogP contribution in [0, 0.1) is 13.8 Å². The lowest BCUT2D eigenvalue weighted by Gasteiger charge is -2.15. The van der Waals surface area contributed by atoms with Gasteiger partial charge in [0.15, 0.2) is 5.76 Å². The maximum atomic E-state index is 13.0. The molecule has 176 valence electrons. The Kier molecular flexibility index (Phi) is 7.09. The lowest BCUT2D eigenvalue weighted by molar-refractivity contribution is 0.0335. The van der Waals surface area contributed by atoms with Crippen LogP contribution in [0.4, 0.5) is 5.00 Å². The van der Waals surface area contributed by atoms with Crippen molar-refractivity contribution >= 4 is 44.1 Å². The van der Waals surface area contributed by atoms with E-state index in [1.807, 2.05) is 32.4 Å². The van der Waals surface area contributed by atoms with E-state index in [9.17, 15) is 9.59 Å². The van der Waals surface area contributed by atoms with Gasteiger partial charge < -0.3 is 14.5 Å². The molecule has 0 saturated heterocycles. The van der Waals surface area contributed by atoms with Gasteiger partial charge in [0.05, 0.1) is 34.1 Å². The molecule has 4 rings (SSSR count). The second kappa shape index (κ2) is 9.85. The number of amides is 1. The Morgan fingerprint density at radius 1 is 1.30 bits per heavy atom. The summed E-state index contributed by atoms with van der Waals surface area (Å²) >= 11 is 5.00. The molecule has 9 heteroatoms. The molecule has 0 bridgehead atoms. The SMILES string of the molecule is CCC(C)OC(=O)c1c(NC(=O)c2ccc(Cn3nc(C)c(Br)c3C)o2)sc2c1CCCC2. The summed E-state index contributed by atoms with van der Waals surface area (Å²) in [6.07, 6.45) is 4.43. The number of halogens is 1. The van der Waals surface area contributed by atoms with Gasteiger partial charge >= 0.3 is 5.97 Å². The first-order chi connectivity index (χ1) is 15.8. The highest BCUT2D eigenvalue weighted by Crippen LogP contribution is 2.39. The average molecular weight is 534 g/mol. The van der Waals surface area contributed by atoms with Crippen molar-refractivity contribution in [2.24, 2.45) is 0 Å². The molecule has 33 heavy (non-hydrogen) atoms. The molecule has 1 unspecified atom stereocenters. The van der Waals surface area contributed by atoms with Gasteiger partial charge in [0.25, 0.3) is 5.91 Å². The third kappa shape index (κ3) is 4.94. The Labute approximate surface area is 205 Å². The first-order valence-corrected chi connectivity index (χ1v) is 12.8. The van der Waals surface area contributed by atoms with E-state index in [2.05, 4.69) is 26.3 Å². The number of aryl methyl sites for hydroxylation is 2. The van der Waals surface area contributed by atoms with Gasteiger partial charge in [0.1, 0.15) is 10.8 Å². The molecule has 3 heterocycles. The largest absolute Gasteiger partial charge is 0.459 e. The number of hydrogen-bond acceptors (Lipinski definition) is 6. The quantitative estimate of drug-likeness (QED) is 0.373. The first kappa shape index (κ1) is 23.8. The van der Waals surface area contributed by atoms with Crippen LogP contribution in [0.25, 0.3) is 0 Å². The highest BCUT2D eigenvalue weighted by atomic mass is 79.9. The lowest BCUT2D eigenvalue weighted by atomic mass is 9.95. The van der Waals surface area contributed by atoms with Crippen molar-refractivity contribution in [3.63, 3.8) is 0 Å². The molecule has 0 aromatic carbocycles. The van der Waals surface area contributed by atoms with Gasteiger partial charge in [-0.25, -0.2) is 4.79 Å². The predicted molar refractivity (Wildman–Crippen MR) is 131 cm³/mol. The topological polar surface area (TPSA) is 86.4 Å². The summed E-state index contributed by atoms with van der Waals surface area (Å²) in [4.78, 5) is 27.1. The molecule has 0 aliphatic heterocycles. The fourth-order valence-electron chi connectivity index (χ4n) is 3.92. The third-order valence-corrected chi connectivity index (χ3v) is 8.32. The van der Waals surface area contributed by atoms with Gasteiger partial charge in [-0.3, -0.25) is 9.48 Å². The molecule has 0 radical (unpaired) electrons. The molecule has 1 aliphatic rings. The number of aromatic nitrogens is 2. The molecule has 7 nitrogen and oxygen atoms in total. The van der Waals surface area contributed by atoms with E-state index in [1.54, 1.807) is 12.1 Å². The van der Waals surface area contributed by atoms with Crippen molar-refractivity contribution in [1.29, 1.82) is 0 Å². The summed E-state index contributed by atoms with van der Waals surface area (Å²) in [5.74, 6) is 0.0691. The Balaban J connectivity index is 1.54. The summed E-state index contributed by atoms with van der Waals surface area (Å²) in [6, 6.07) is 3.42. The Morgan fingerprint density at radius 3 is 2.76 bits per heavy atom. The zero-order valence-electron chi connectivity index (χ0n) is 19.3. The maximum absolute atomic E-state index is 13.0. The molecule has 1 aliphatic carbocycles. The van der Waals surface area contributed by atoms with Crippen LogP contribution in [-0.2, 0) is 24.1 Å². The number of carbonyl (C=O) groups is 2. The Morgan fingerprint density at radius 2 is 2.06 bits per heavy atom. The number of furan rings is 1. The van der Waals surface area contributed by atoms with E-state index >= 15 is 0 Å². The van der Waals surface area contributed by atoms with Crippen LogP contribution < -0.4 is 5.32 Å². The number of nitrogens with zero attached hydrogens (tertiary/aromatic N) is 2. The highest BCUT2D eigenvalue weighted by Gasteiger charge is 2.29. The Hall–Kier alpha value is -2.39. The molecule has 3 aromatic rings. The highest BCUT2D eigenvalue weighted by molar-refractivity contribution is 9.10. The summed E-state index contributed by atoms with van der Waals surface area (Å²) < 4.78 is 14.2. The summed E-state index contributed by atoms with van der Waals surface area (Å²) in [7, 11) is 0. The monoisotopic (exact) mass is 533 g/mol. The molecular formula is C24H28BrN3O4S. The minimum Gasteiger partial charge on any atom is -0.459 e. The van der Waals surface area contributed by atoms with Crippen molar-refractivity contribution in [2.75, 3.05) is 5.32 Å². The normalized spacial score (nSPS) is 14.1. The van der Waals surface area contributed by atoms with Crippen LogP contribution in [0.15, 0.2) is 21.0 Å². The van der Waals surface area contributed by atoms with Crippen LogP contribution in [0.2, 0.25) is 0 Å². The number of carbonyl (C=O) groups excluding carboxylic acids is 2. The number of hydrogen-bond donors (Lipinski definition) is 1. The molecule has 0 fully saturated rings. The summed E-state index contributed by atoms with van der Waals surface area (Å²) in [5, 5.41) is 7.94. The van der Waals surface area contributed by atoms with Crippen LogP contribution in [0.5, 0.6) is 0 Å². The molecule has 0 saturated carbocycles. The van der Waals surface area contributed by atoms with Crippen molar-refractivity contribution in [2.45, 2.75) is 72.4 Å². The second-order valence-electron chi connectivity index (χ2n) is 8.40. The number of fused-ring (bicyclic) bond motifs is 1. The van der Waals surface area contributed by atoms with Gasteiger partial charge in [0, 0.05) is 4.88 Å². The van der Waals surface area contributed by atoms with Crippen LogP contribution >= 0.6 is 27.3 Å². The number of ether oxygens (including phenoxy) is 1. The van der Waals surface area contributed by atoms with E-state index < -0.39 is 0 Å². The third-order valence-electron chi connectivity index (χ3n) is 5.97. The maximum Gasteiger partial charge on any atom is 0.341 e. The average Bonchev–Trinajstić information content (AvgIpc) is 3.47. The lowest BCUT2D eigenvalue weighted by Crippen LogP contribution is -2.18. The van der Waals surface area contributed by atoms with E-state index in [1.165, 1.54) is 11.3 Å². The number of rotatable bonds is 7. The summed E-state index contributed by atoms with van der Waals surface area (Å²) in [5.41, 5.74) is 3.41. The van der Waals surface area contributed by atoms with Gasteiger partial charge in [-0.15, -0.1) is 11.3 Å². The van der Waals surface area contributed by atoms with Crippen molar-refractivity contribution in [3.05, 3.63) is 55.5 Å². The number of thiophene rings is 1.